The number of fused-ring (bicyclic) bond motifs is 3. The number of aromatic nitrogens is 4. The molecule has 1 unspecified atom stereocenters. The van der Waals surface area contributed by atoms with Crippen molar-refractivity contribution in [3.05, 3.63) is 86.6 Å². The molecule has 0 bridgehead atoms. The minimum absolute atomic E-state index is 0.237. The van der Waals surface area contributed by atoms with E-state index in [1.54, 1.807) is 7.05 Å². The standard InChI is InChI=1S/C25H27N5O2/c1-4-18-10-12-20(13-11-18)28-14-17(2)15-29-21-22(26-24(28)29)27(3)25(32)30(23(21)31)16-19-8-6-5-7-9-19/h5-13,17H,4,14-16H2,1-3H3. The molecule has 3 heterocycles. The van der Waals surface area contributed by atoms with Gasteiger partial charge in [0.1, 0.15) is 0 Å². The number of aryl methyl sites for hydroxylation is 2. The Hall–Kier alpha value is -3.61. The van der Waals surface area contributed by atoms with Gasteiger partial charge in [0.2, 0.25) is 5.95 Å². The van der Waals surface area contributed by atoms with Crippen molar-refractivity contribution in [3.63, 3.8) is 0 Å². The highest BCUT2D eigenvalue weighted by atomic mass is 16.2. The second kappa shape index (κ2) is 7.82. The van der Waals surface area contributed by atoms with Crippen LogP contribution in [0.1, 0.15) is 25.0 Å². The molecule has 0 saturated carbocycles. The van der Waals surface area contributed by atoms with Crippen molar-refractivity contribution in [2.75, 3.05) is 11.4 Å². The summed E-state index contributed by atoms with van der Waals surface area (Å²) in [5.74, 6) is 1.04. The van der Waals surface area contributed by atoms with Gasteiger partial charge in [0, 0.05) is 25.8 Å². The fourth-order valence-corrected chi connectivity index (χ4v) is 4.54. The van der Waals surface area contributed by atoms with E-state index < -0.39 is 0 Å². The summed E-state index contributed by atoms with van der Waals surface area (Å²) >= 11 is 0. The monoisotopic (exact) mass is 429 g/mol. The van der Waals surface area contributed by atoms with E-state index in [0.717, 1.165) is 24.2 Å². The van der Waals surface area contributed by atoms with Crippen LogP contribution in [-0.4, -0.2) is 25.2 Å². The van der Waals surface area contributed by atoms with Gasteiger partial charge < -0.3 is 9.47 Å². The maximum absolute atomic E-state index is 13.5. The molecule has 32 heavy (non-hydrogen) atoms. The largest absolute Gasteiger partial charge is 0.332 e. The van der Waals surface area contributed by atoms with Crippen LogP contribution < -0.4 is 16.1 Å². The summed E-state index contributed by atoms with van der Waals surface area (Å²) in [6.45, 7) is 6.04. The zero-order chi connectivity index (χ0) is 22.4. The van der Waals surface area contributed by atoms with E-state index >= 15 is 0 Å². The average Bonchev–Trinajstić information content (AvgIpc) is 3.20. The fraction of sp³-hybridized carbons (Fsp3) is 0.320. The van der Waals surface area contributed by atoms with Crippen LogP contribution in [0, 0.1) is 5.92 Å². The highest BCUT2D eigenvalue weighted by Gasteiger charge is 2.29. The molecule has 7 heteroatoms. The first kappa shape index (κ1) is 20.3. The molecule has 2 aromatic carbocycles. The van der Waals surface area contributed by atoms with E-state index in [1.165, 1.54) is 14.7 Å². The van der Waals surface area contributed by atoms with E-state index in [1.807, 2.05) is 34.9 Å². The van der Waals surface area contributed by atoms with Gasteiger partial charge in [-0.25, -0.2) is 4.79 Å². The van der Waals surface area contributed by atoms with Crippen molar-refractivity contribution >= 4 is 22.8 Å². The number of hydrogen-bond donors (Lipinski definition) is 0. The van der Waals surface area contributed by atoms with Gasteiger partial charge in [-0.1, -0.05) is 56.3 Å². The quantitative estimate of drug-likeness (QED) is 0.499. The van der Waals surface area contributed by atoms with Crippen LogP contribution in [0.2, 0.25) is 0 Å². The summed E-state index contributed by atoms with van der Waals surface area (Å²) in [7, 11) is 1.69. The van der Waals surface area contributed by atoms with Gasteiger partial charge in [0.15, 0.2) is 11.2 Å². The Morgan fingerprint density at radius 3 is 2.38 bits per heavy atom. The number of hydrogen-bond acceptors (Lipinski definition) is 4. The second-order valence-corrected chi connectivity index (χ2v) is 8.65. The zero-order valence-electron chi connectivity index (χ0n) is 18.7. The molecule has 0 aliphatic carbocycles. The summed E-state index contributed by atoms with van der Waals surface area (Å²) in [4.78, 5) is 33.6. The molecule has 1 aliphatic heterocycles. The summed E-state index contributed by atoms with van der Waals surface area (Å²) in [5, 5.41) is 0. The minimum Gasteiger partial charge on any atom is -0.312 e. The maximum Gasteiger partial charge on any atom is 0.332 e. The van der Waals surface area contributed by atoms with Crippen molar-refractivity contribution < 1.29 is 0 Å². The fourth-order valence-electron chi connectivity index (χ4n) is 4.54. The summed E-state index contributed by atoms with van der Waals surface area (Å²) < 4.78 is 4.79. The van der Waals surface area contributed by atoms with E-state index in [2.05, 4.69) is 43.0 Å². The normalized spacial score (nSPS) is 15.8. The van der Waals surface area contributed by atoms with Gasteiger partial charge in [-0.05, 0) is 35.6 Å². The van der Waals surface area contributed by atoms with Gasteiger partial charge >= 0.3 is 5.69 Å². The lowest BCUT2D eigenvalue weighted by Crippen LogP contribution is -2.40. The summed E-state index contributed by atoms with van der Waals surface area (Å²) in [6, 6.07) is 18.1. The molecule has 0 amide bonds. The first-order chi connectivity index (χ1) is 15.5. The van der Waals surface area contributed by atoms with Crippen LogP contribution in [0.25, 0.3) is 11.2 Å². The Morgan fingerprint density at radius 2 is 1.69 bits per heavy atom. The minimum atomic E-state index is -0.353. The summed E-state index contributed by atoms with van der Waals surface area (Å²) in [6.07, 6.45) is 0.984. The highest BCUT2D eigenvalue weighted by Crippen LogP contribution is 2.32. The lowest BCUT2D eigenvalue weighted by Gasteiger charge is -2.33. The zero-order valence-corrected chi connectivity index (χ0v) is 18.7. The number of rotatable bonds is 4. The third-order valence-corrected chi connectivity index (χ3v) is 6.28. The average molecular weight is 430 g/mol. The van der Waals surface area contributed by atoms with Gasteiger partial charge in [-0.15, -0.1) is 0 Å². The van der Waals surface area contributed by atoms with Crippen molar-refractivity contribution in [3.8, 4) is 0 Å². The molecule has 0 spiro atoms. The Kier molecular flexibility index (Phi) is 4.96. The number of anilines is 2. The first-order valence-corrected chi connectivity index (χ1v) is 11.1. The maximum atomic E-state index is 13.5. The predicted octanol–water partition coefficient (Wildman–Crippen LogP) is 3.30. The molecule has 0 fully saturated rings. The van der Waals surface area contributed by atoms with Crippen molar-refractivity contribution in [1.29, 1.82) is 0 Å². The second-order valence-electron chi connectivity index (χ2n) is 8.65. The predicted molar refractivity (Wildman–Crippen MR) is 127 cm³/mol. The topological polar surface area (TPSA) is 65.1 Å². The lowest BCUT2D eigenvalue weighted by molar-refractivity contribution is 0.458. The van der Waals surface area contributed by atoms with Crippen LogP contribution in [0.15, 0.2) is 64.2 Å². The van der Waals surface area contributed by atoms with Crippen LogP contribution in [0.4, 0.5) is 11.6 Å². The third-order valence-electron chi connectivity index (χ3n) is 6.28. The molecular formula is C25H27N5O2. The molecule has 1 aliphatic rings. The molecule has 0 saturated heterocycles. The molecule has 164 valence electrons. The molecule has 1 atom stereocenters. The molecule has 0 radical (unpaired) electrons. The lowest BCUT2D eigenvalue weighted by atomic mass is 10.1. The SMILES string of the molecule is CCc1ccc(N2CC(C)Cn3c2nc2c3c(=O)n(Cc3ccccc3)c(=O)n2C)cc1. The third kappa shape index (κ3) is 3.25. The van der Waals surface area contributed by atoms with Gasteiger partial charge in [-0.3, -0.25) is 13.9 Å². The number of nitrogens with zero attached hydrogens (tertiary/aromatic N) is 5. The molecule has 4 aromatic rings. The Labute approximate surface area is 186 Å². The van der Waals surface area contributed by atoms with Gasteiger partial charge in [0.25, 0.3) is 5.56 Å². The number of imidazole rings is 1. The Balaban J connectivity index is 1.70. The molecule has 2 aromatic heterocycles. The molecule has 5 rings (SSSR count). The molecule has 7 nitrogen and oxygen atoms in total. The summed E-state index contributed by atoms with van der Waals surface area (Å²) in [5.41, 5.74) is 3.51. The molecule has 0 N–H and O–H groups in total. The van der Waals surface area contributed by atoms with Crippen molar-refractivity contribution in [1.82, 2.24) is 18.7 Å². The van der Waals surface area contributed by atoms with Crippen LogP contribution >= 0.6 is 0 Å². The highest BCUT2D eigenvalue weighted by molar-refractivity contribution is 5.77. The Bertz CT molecular complexity index is 1400. The van der Waals surface area contributed by atoms with Crippen molar-refractivity contribution in [2.24, 2.45) is 13.0 Å². The van der Waals surface area contributed by atoms with Crippen LogP contribution in [-0.2, 0) is 26.6 Å². The first-order valence-electron chi connectivity index (χ1n) is 11.1. The van der Waals surface area contributed by atoms with Crippen molar-refractivity contribution in [2.45, 2.75) is 33.4 Å². The van der Waals surface area contributed by atoms with Gasteiger partial charge in [0.05, 0.1) is 6.54 Å². The Morgan fingerprint density at radius 1 is 0.969 bits per heavy atom. The molecular weight excluding hydrogens is 402 g/mol. The number of benzene rings is 2. The van der Waals surface area contributed by atoms with E-state index in [-0.39, 0.29) is 17.8 Å². The van der Waals surface area contributed by atoms with E-state index in [9.17, 15) is 9.59 Å². The van der Waals surface area contributed by atoms with Gasteiger partial charge in [-0.2, -0.15) is 4.98 Å². The van der Waals surface area contributed by atoms with E-state index in [4.69, 9.17) is 4.98 Å². The van der Waals surface area contributed by atoms with E-state index in [0.29, 0.717) is 29.6 Å². The van der Waals surface area contributed by atoms with Crippen LogP contribution in [0.5, 0.6) is 0 Å². The van der Waals surface area contributed by atoms with Crippen LogP contribution in [0.3, 0.4) is 0 Å². The smallest absolute Gasteiger partial charge is 0.312 e.